The van der Waals surface area contributed by atoms with Crippen molar-refractivity contribution in [2.45, 2.75) is 6.54 Å². The molecule has 1 aliphatic heterocycles. The minimum atomic E-state index is -0.841. The van der Waals surface area contributed by atoms with Gasteiger partial charge in [0.05, 0.1) is 18.2 Å². The third-order valence-corrected chi connectivity index (χ3v) is 2.95. The number of aliphatic carboxylic acids is 1. The summed E-state index contributed by atoms with van der Waals surface area (Å²) in [5.41, 5.74) is 0.809. The molecule has 96 valence electrons. The molecule has 0 bridgehead atoms. The Kier molecular flexibility index (Phi) is 3.45. The molecule has 2 heterocycles. The third kappa shape index (κ3) is 2.58. The Hall–Kier alpha value is -2.11. The number of pyridine rings is 1. The number of rotatable bonds is 3. The largest absolute Gasteiger partial charge is 0.481 e. The third-order valence-electron chi connectivity index (χ3n) is 2.95. The lowest BCUT2D eigenvalue weighted by Gasteiger charge is -2.38. The van der Waals surface area contributed by atoms with E-state index in [4.69, 9.17) is 5.11 Å². The zero-order chi connectivity index (χ0) is 13.1. The molecule has 0 aromatic carbocycles. The molecule has 1 aliphatic rings. The van der Waals surface area contributed by atoms with E-state index < -0.39 is 11.9 Å². The molecule has 1 fully saturated rings. The molecular formula is C12H15N3O3. The van der Waals surface area contributed by atoms with Crippen LogP contribution >= 0.6 is 0 Å². The number of carbonyl (C=O) groups is 2. The summed E-state index contributed by atoms with van der Waals surface area (Å²) < 4.78 is 0. The van der Waals surface area contributed by atoms with Crippen LogP contribution < -0.4 is 0 Å². The first-order valence-corrected chi connectivity index (χ1v) is 5.70. The fourth-order valence-electron chi connectivity index (χ4n) is 1.83. The fraction of sp³-hybridized carbons (Fsp3) is 0.417. The Morgan fingerprint density at radius 1 is 1.50 bits per heavy atom. The van der Waals surface area contributed by atoms with E-state index in [1.54, 1.807) is 18.1 Å². The minimum absolute atomic E-state index is 0.154. The maximum atomic E-state index is 11.9. The van der Waals surface area contributed by atoms with Crippen molar-refractivity contribution in [2.75, 3.05) is 20.1 Å². The van der Waals surface area contributed by atoms with Crippen molar-refractivity contribution in [2.24, 2.45) is 5.92 Å². The Bertz CT molecular complexity index is 443. The summed E-state index contributed by atoms with van der Waals surface area (Å²) in [5.74, 6) is -1.26. The molecule has 1 N–H and O–H groups in total. The van der Waals surface area contributed by atoms with Crippen molar-refractivity contribution in [3.05, 3.63) is 30.1 Å². The lowest BCUT2D eigenvalue weighted by atomic mass is 10.0. The molecule has 2 amide bonds. The summed E-state index contributed by atoms with van der Waals surface area (Å²) in [6.07, 6.45) is 1.68. The van der Waals surface area contributed by atoms with Gasteiger partial charge in [-0.05, 0) is 12.1 Å². The van der Waals surface area contributed by atoms with Crippen molar-refractivity contribution in [1.29, 1.82) is 0 Å². The zero-order valence-electron chi connectivity index (χ0n) is 10.1. The molecular weight excluding hydrogens is 234 g/mol. The SMILES string of the molecule is CN(Cc1ccccn1)C(=O)N1CC(C(=O)O)C1. The number of likely N-dealkylation sites (tertiary alicyclic amines) is 1. The molecule has 1 saturated heterocycles. The number of nitrogens with zero attached hydrogens (tertiary/aromatic N) is 3. The van der Waals surface area contributed by atoms with E-state index in [0.717, 1.165) is 5.69 Å². The van der Waals surface area contributed by atoms with Gasteiger partial charge in [0.2, 0.25) is 0 Å². The predicted molar refractivity (Wildman–Crippen MR) is 63.8 cm³/mol. The van der Waals surface area contributed by atoms with Crippen LogP contribution in [-0.2, 0) is 11.3 Å². The number of carboxylic acids is 1. The molecule has 0 atom stereocenters. The first-order valence-electron chi connectivity index (χ1n) is 5.70. The Balaban J connectivity index is 1.85. The summed E-state index contributed by atoms with van der Waals surface area (Å²) in [6.45, 7) is 1.01. The van der Waals surface area contributed by atoms with Gasteiger partial charge < -0.3 is 14.9 Å². The Morgan fingerprint density at radius 3 is 2.78 bits per heavy atom. The summed E-state index contributed by atoms with van der Waals surface area (Å²) in [6, 6.07) is 5.38. The lowest BCUT2D eigenvalue weighted by Crippen LogP contribution is -2.56. The first kappa shape index (κ1) is 12.3. The van der Waals surface area contributed by atoms with E-state index in [9.17, 15) is 9.59 Å². The highest BCUT2D eigenvalue weighted by molar-refractivity contribution is 5.79. The molecule has 0 spiro atoms. The molecule has 0 aliphatic carbocycles. The quantitative estimate of drug-likeness (QED) is 0.853. The van der Waals surface area contributed by atoms with Crippen molar-refractivity contribution in [3.63, 3.8) is 0 Å². The van der Waals surface area contributed by atoms with Gasteiger partial charge in [-0.25, -0.2) is 4.79 Å². The van der Waals surface area contributed by atoms with Crippen molar-refractivity contribution < 1.29 is 14.7 Å². The van der Waals surface area contributed by atoms with Crippen LogP contribution in [0.2, 0.25) is 0 Å². The second-order valence-corrected chi connectivity index (χ2v) is 4.40. The number of hydrogen-bond acceptors (Lipinski definition) is 3. The van der Waals surface area contributed by atoms with E-state index in [1.807, 2.05) is 18.2 Å². The second kappa shape index (κ2) is 5.03. The van der Waals surface area contributed by atoms with Crippen LogP contribution in [0.4, 0.5) is 4.79 Å². The smallest absolute Gasteiger partial charge is 0.320 e. The first-order chi connectivity index (χ1) is 8.58. The molecule has 1 aromatic rings. The highest BCUT2D eigenvalue weighted by atomic mass is 16.4. The van der Waals surface area contributed by atoms with E-state index in [0.29, 0.717) is 19.6 Å². The lowest BCUT2D eigenvalue weighted by molar-refractivity contribution is -0.146. The zero-order valence-corrected chi connectivity index (χ0v) is 10.1. The Labute approximate surface area is 105 Å². The maximum absolute atomic E-state index is 11.9. The van der Waals surface area contributed by atoms with Gasteiger partial charge in [-0.15, -0.1) is 0 Å². The van der Waals surface area contributed by atoms with E-state index in [2.05, 4.69) is 4.98 Å². The topological polar surface area (TPSA) is 73.7 Å². The summed E-state index contributed by atoms with van der Waals surface area (Å²) >= 11 is 0. The molecule has 2 rings (SSSR count). The number of hydrogen-bond donors (Lipinski definition) is 1. The molecule has 6 nitrogen and oxygen atoms in total. The summed E-state index contributed by atoms with van der Waals surface area (Å²) in [7, 11) is 1.69. The van der Waals surface area contributed by atoms with Crippen LogP contribution in [0.1, 0.15) is 5.69 Å². The fourth-order valence-corrected chi connectivity index (χ4v) is 1.83. The monoisotopic (exact) mass is 249 g/mol. The van der Waals surface area contributed by atoms with Crippen LogP contribution in [0.5, 0.6) is 0 Å². The molecule has 0 saturated carbocycles. The van der Waals surface area contributed by atoms with E-state index in [1.165, 1.54) is 4.90 Å². The average Bonchev–Trinajstić information content (AvgIpc) is 2.27. The van der Waals surface area contributed by atoms with Gasteiger partial charge in [-0.2, -0.15) is 0 Å². The highest BCUT2D eigenvalue weighted by Crippen LogP contribution is 2.17. The number of carbonyl (C=O) groups excluding carboxylic acids is 1. The normalized spacial score (nSPS) is 15.1. The van der Waals surface area contributed by atoms with Crippen LogP contribution in [0.3, 0.4) is 0 Å². The van der Waals surface area contributed by atoms with Gasteiger partial charge in [-0.3, -0.25) is 9.78 Å². The van der Waals surface area contributed by atoms with Gasteiger partial charge in [-0.1, -0.05) is 6.07 Å². The van der Waals surface area contributed by atoms with Crippen LogP contribution in [0.15, 0.2) is 24.4 Å². The second-order valence-electron chi connectivity index (χ2n) is 4.40. The van der Waals surface area contributed by atoms with E-state index >= 15 is 0 Å². The van der Waals surface area contributed by atoms with Crippen molar-refractivity contribution in [1.82, 2.24) is 14.8 Å². The van der Waals surface area contributed by atoms with Gasteiger partial charge in [0.1, 0.15) is 0 Å². The minimum Gasteiger partial charge on any atom is -0.481 e. The van der Waals surface area contributed by atoms with Gasteiger partial charge in [0.25, 0.3) is 0 Å². The van der Waals surface area contributed by atoms with Gasteiger partial charge in [0.15, 0.2) is 0 Å². The molecule has 0 unspecified atom stereocenters. The number of carboxylic acid groups (broad SMARTS) is 1. The van der Waals surface area contributed by atoms with Gasteiger partial charge in [0, 0.05) is 26.3 Å². The Morgan fingerprint density at radius 2 is 2.22 bits per heavy atom. The summed E-state index contributed by atoms with van der Waals surface area (Å²) in [5, 5.41) is 8.75. The standard InChI is InChI=1S/C12H15N3O3/c1-14(8-10-4-2-3-5-13-10)12(18)15-6-9(7-15)11(16)17/h2-5,9H,6-8H2,1H3,(H,16,17). The average molecular weight is 249 g/mol. The van der Waals surface area contributed by atoms with Crippen LogP contribution in [0.25, 0.3) is 0 Å². The molecule has 0 radical (unpaired) electrons. The molecule has 6 heteroatoms. The maximum Gasteiger partial charge on any atom is 0.320 e. The van der Waals surface area contributed by atoms with Crippen molar-refractivity contribution >= 4 is 12.0 Å². The number of amides is 2. The van der Waals surface area contributed by atoms with Crippen molar-refractivity contribution in [3.8, 4) is 0 Å². The predicted octanol–water partition coefficient (Wildman–Crippen LogP) is 0.650. The summed E-state index contributed by atoms with van der Waals surface area (Å²) in [4.78, 5) is 29.8. The van der Waals surface area contributed by atoms with Crippen LogP contribution in [-0.4, -0.2) is 52.0 Å². The number of aromatic nitrogens is 1. The van der Waals surface area contributed by atoms with E-state index in [-0.39, 0.29) is 6.03 Å². The molecule has 1 aromatic heterocycles. The van der Waals surface area contributed by atoms with Gasteiger partial charge >= 0.3 is 12.0 Å². The molecule has 18 heavy (non-hydrogen) atoms. The number of urea groups is 1. The highest BCUT2D eigenvalue weighted by Gasteiger charge is 2.36. The van der Waals surface area contributed by atoms with Crippen LogP contribution in [0, 0.1) is 5.92 Å².